The lowest BCUT2D eigenvalue weighted by Crippen LogP contribution is -2.36. The van der Waals surface area contributed by atoms with Crippen LogP contribution in [0.15, 0.2) is 24.3 Å². The van der Waals surface area contributed by atoms with E-state index in [9.17, 15) is 14.7 Å². The zero-order valence-electron chi connectivity index (χ0n) is 12.3. The lowest BCUT2D eigenvalue weighted by Gasteiger charge is -2.08. The fraction of sp³-hybridized carbons (Fsp3) is 0.333. The molecule has 0 saturated carbocycles. The van der Waals surface area contributed by atoms with Crippen molar-refractivity contribution in [2.24, 2.45) is 0 Å². The minimum atomic E-state index is -1.37. The van der Waals surface area contributed by atoms with Crippen molar-refractivity contribution in [3.8, 4) is 5.75 Å². The number of aliphatic hydroxyl groups is 1. The molecule has 0 aliphatic heterocycles. The first kappa shape index (κ1) is 16.7. The summed E-state index contributed by atoms with van der Waals surface area (Å²) in [5.74, 6) is -0.569. The monoisotopic (exact) mass is 293 g/mol. The van der Waals surface area contributed by atoms with Crippen molar-refractivity contribution >= 4 is 18.0 Å². The summed E-state index contributed by atoms with van der Waals surface area (Å²) in [6.07, 6.45) is 1.54. The zero-order chi connectivity index (χ0) is 15.8. The van der Waals surface area contributed by atoms with Gasteiger partial charge in [-0.05, 0) is 25.1 Å². The van der Waals surface area contributed by atoms with Gasteiger partial charge in [0.1, 0.15) is 5.75 Å². The molecule has 0 heterocycles. The standard InChI is InChI=1S/C15H19NO5/c1-10-4-6-13(20-2)11(8-10)5-7-14(18)16-9-12(17)15(19)21-3/h4-8,12,17H,9H2,1-3H3,(H,16,18)/b7-5+. The van der Waals surface area contributed by atoms with Crippen LogP contribution in [0.3, 0.4) is 0 Å². The predicted molar refractivity (Wildman–Crippen MR) is 77.8 cm³/mol. The van der Waals surface area contributed by atoms with Gasteiger partial charge in [-0.2, -0.15) is 0 Å². The maximum atomic E-state index is 11.6. The fourth-order valence-corrected chi connectivity index (χ4v) is 1.63. The number of methoxy groups -OCH3 is 2. The smallest absolute Gasteiger partial charge is 0.336 e. The average molecular weight is 293 g/mol. The Morgan fingerprint density at radius 1 is 1.38 bits per heavy atom. The number of esters is 1. The van der Waals surface area contributed by atoms with Crippen molar-refractivity contribution in [1.29, 1.82) is 0 Å². The highest BCUT2D eigenvalue weighted by atomic mass is 16.5. The van der Waals surface area contributed by atoms with Gasteiger partial charge in [-0.15, -0.1) is 0 Å². The number of aliphatic hydroxyl groups excluding tert-OH is 1. The third-order valence-corrected chi connectivity index (χ3v) is 2.74. The summed E-state index contributed by atoms with van der Waals surface area (Å²) in [5, 5.41) is 11.7. The summed E-state index contributed by atoms with van der Waals surface area (Å²) in [4.78, 5) is 22.6. The van der Waals surface area contributed by atoms with E-state index < -0.39 is 18.0 Å². The Hall–Kier alpha value is -2.34. The third kappa shape index (κ3) is 5.27. The fourth-order valence-electron chi connectivity index (χ4n) is 1.63. The van der Waals surface area contributed by atoms with E-state index in [1.54, 1.807) is 13.2 Å². The van der Waals surface area contributed by atoms with E-state index in [0.29, 0.717) is 5.75 Å². The maximum absolute atomic E-state index is 11.6. The van der Waals surface area contributed by atoms with Crippen molar-refractivity contribution in [1.82, 2.24) is 5.32 Å². The van der Waals surface area contributed by atoms with Crippen LogP contribution in [0.4, 0.5) is 0 Å². The molecule has 0 bridgehead atoms. The van der Waals surface area contributed by atoms with Crippen LogP contribution in [0.5, 0.6) is 5.75 Å². The molecule has 1 atom stereocenters. The molecule has 0 fully saturated rings. The number of nitrogens with one attached hydrogen (secondary N) is 1. The van der Waals surface area contributed by atoms with E-state index in [4.69, 9.17) is 4.74 Å². The van der Waals surface area contributed by atoms with Crippen molar-refractivity contribution < 1.29 is 24.2 Å². The second kappa shape index (κ2) is 8.06. The molecule has 6 heteroatoms. The number of amides is 1. The number of benzene rings is 1. The Kier molecular flexibility index (Phi) is 6.42. The highest BCUT2D eigenvalue weighted by Crippen LogP contribution is 2.20. The Morgan fingerprint density at radius 2 is 2.10 bits per heavy atom. The van der Waals surface area contributed by atoms with Crippen LogP contribution in [0, 0.1) is 6.92 Å². The van der Waals surface area contributed by atoms with Gasteiger partial charge < -0.3 is 19.9 Å². The molecule has 21 heavy (non-hydrogen) atoms. The summed E-state index contributed by atoms with van der Waals surface area (Å²) in [6, 6.07) is 5.60. The molecule has 114 valence electrons. The molecule has 0 saturated heterocycles. The van der Waals surface area contributed by atoms with Gasteiger partial charge in [0.05, 0.1) is 20.8 Å². The van der Waals surface area contributed by atoms with Gasteiger partial charge in [0.25, 0.3) is 0 Å². The van der Waals surface area contributed by atoms with Gasteiger partial charge in [-0.1, -0.05) is 11.6 Å². The summed E-state index contributed by atoms with van der Waals surface area (Å²) in [7, 11) is 2.71. The summed E-state index contributed by atoms with van der Waals surface area (Å²) in [6.45, 7) is 1.73. The molecule has 6 nitrogen and oxygen atoms in total. The highest BCUT2D eigenvalue weighted by molar-refractivity contribution is 5.92. The minimum absolute atomic E-state index is 0.208. The van der Waals surface area contributed by atoms with Crippen molar-refractivity contribution in [3.63, 3.8) is 0 Å². The molecule has 1 aromatic rings. The van der Waals surface area contributed by atoms with E-state index >= 15 is 0 Å². The molecule has 1 unspecified atom stereocenters. The molecule has 0 aliphatic rings. The highest BCUT2D eigenvalue weighted by Gasteiger charge is 2.15. The van der Waals surface area contributed by atoms with Crippen LogP contribution in [0.25, 0.3) is 6.08 Å². The summed E-state index contributed by atoms with van der Waals surface area (Å²) >= 11 is 0. The van der Waals surface area contributed by atoms with Gasteiger partial charge in [0.2, 0.25) is 5.91 Å². The van der Waals surface area contributed by atoms with Crippen LogP contribution < -0.4 is 10.1 Å². The normalized spacial score (nSPS) is 12.0. The minimum Gasteiger partial charge on any atom is -0.496 e. The van der Waals surface area contributed by atoms with Crippen LogP contribution >= 0.6 is 0 Å². The van der Waals surface area contributed by atoms with Gasteiger partial charge in [-0.3, -0.25) is 4.79 Å². The van der Waals surface area contributed by atoms with E-state index in [-0.39, 0.29) is 6.54 Å². The molecular weight excluding hydrogens is 274 g/mol. The third-order valence-electron chi connectivity index (χ3n) is 2.74. The number of hydrogen-bond acceptors (Lipinski definition) is 5. The lowest BCUT2D eigenvalue weighted by atomic mass is 10.1. The van der Waals surface area contributed by atoms with Crippen LogP contribution in [-0.2, 0) is 14.3 Å². The Bertz CT molecular complexity index is 539. The number of ether oxygens (including phenoxy) is 2. The van der Waals surface area contributed by atoms with Crippen molar-refractivity contribution in [2.45, 2.75) is 13.0 Å². The molecule has 1 rings (SSSR count). The first-order chi connectivity index (χ1) is 9.97. The van der Waals surface area contributed by atoms with E-state index in [1.807, 2.05) is 25.1 Å². The van der Waals surface area contributed by atoms with Crippen LogP contribution in [0.2, 0.25) is 0 Å². The van der Waals surface area contributed by atoms with Gasteiger partial charge in [0, 0.05) is 11.6 Å². The van der Waals surface area contributed by atoms with Crippen LogP contribution in [-0.4, -0.2) is 43.9 Å². The number of carbonyl (C=O) groups excluding carboxylic acids is 2. The average Bonchev–Trinajstić information content (AvgIpc) is 2.49. The van der Waals surface area contributed by atoms with Crippen molar-refractivity contribution in [2.75, 3.05) is 20.8 Å². The molecule has 0 aromatic heterocycles. The maximum Gasteiger partial charge on any atom is 0.336 e. The van der Waals surface area contributed by atoms with E-state index in [0.717, 1.165) is 18.2 Å². The van der Waals surface area contributed by atoms with Gasteiger partial charge in [0.15, 0.2) is 6.10 Å². The first-order valence-corrected chi connectivity index (χ1v) is 6.34. The first-order valence-electron chi connectivity index (χ1n) is 6.34. The predicted octanol–water partition coefficient (Wildman–Crippen LogP) is 0.667. The molecule has 1 aromatic carbocycles. The topological polar surface area (TPSA) is 84.9 Å². The lowest BCUT2D eigenvalue weighted by molar-refractivity contribution is -0.150. The zero-order valence-corrected chi connectivity index (χ0v) is 12.3. The number of carbonyl (C=O) groups is 2. The van der Waals surface area contributed by atoms with E-state index in [2.05, 4.69) is 10.1 Å². The molecule has 0 spiro atoms. The molecule has 2 N–H and O–H groups in total. The largest absolute Gasteiger partial charge is 0.496 e. The van der Waals surface area contributed by atoms with Gasteiger partial charge >= 0.3 is 5.97 Å². The van der Waals surface area contributed by atoms with Crippen molar-refractivity contribution in [3.05, 3.63) is 35.4 Å². The van der Waals surface area contributed by atoms with Crippen LogP contribution in [0.1, 0.15) is 11.1 Å². The quantitative estimate of drug-likeness (QED) is 0.595. The number of aryl methyl sites for hydroxylation is 1. The van der Waals surface area contributed by atoms with Gasteiger partial charge in [-0.25, -0.2) is 4.79 Å². The SMILES string of the molecule is COC(=O)C(O)CNC(=O)/C=C/c1cc(C)ccc1OC. The Morgan fingerprint density at radius 3 is 2.71 bits per heavy atom. The Labute approximate surface area is 123 Å². The molecule has 0 radical (unpaired) electrons. The molecule has 0 aliphatic carbocycles. The molecule has 1 amide bonds. The van der Waals surface area contributed by atoms with E-state index in [1.165, 1.54) is 6.08 Å². The summed E-state index contributed by atoms with van der Waals surface area (Å²) in [5.41, 5.74) is 1.80. The summed E-state index contributed by atoms with van der Waals surface area (Å²) < 4.78 is 9.53. The second-order valence-electron chi connectivity index (χ2n) is 4.36. The molecular formula is C15H19NO5. The number of hydrogen-bond donors (Lipinski definition) is 2. The number of rotatable bonds is 6. The second-order valence-corrected chi connectivity index (χ2v) is 4.36. The Balaban J connectivity index is 2.62.